The number of ether oxygens (including phenoxy) is 3. The van der Waals surface area contributed by atoms with Crippen LogP contribution in [0.3, 0.4) is 0 Å². The molecular formula is C22H18N2O5. The summed E-state index contributed by atoms with van der Waals surface area (Å²) in [5.41, 5.74) is 2.21. The van der Waals surface area contributed by atoms with Gasteiger partial charge in [0.25, 0.3) is 0 Å². The number of benzene rings is 1. The first-order chi connectivity index (χ1) is 14.2. The summed E-state index contributed by atoms with van der Waals surface area (Å²) in [6.07, 6.45) is 5.08. The number of methoxy groups -OCH3 is 3. The lowest BCUT2D eigenvalue weighted by Crippen LogP contribution is -2.05. The number of rotatable bonds is 5. The van der Waals surface area contributed by atoms with E-state index in [9.17, 15) is 4.79 Å². The van der Waals surface area contributed by atoms with Crippen LogP contribution in [0.25, 0.3) is 33.6 Å². The standard InChI is InChI=1S/C22H18N2O5/c1-26-18-11-17-19(22(28-3)21(18)27-2)15(25)10-16(29-17)14-7-5-9-24-20(14)13-6-4-8-23-12-13/h4-12H,1-3H3. The fraction of sp³-hybridized carbons (Fsp3) is 0.136. The third kappa shape index (κ3) is 3.16. The van der Waals surface area contributed by atoms with E-state index in [1.54, 1.807) is 30.7 Å². The van der Waals surface area contributed by atoms with Crippen molar-refractivity contribution in [1.29, 1.82) is 0 Å². The van der Waals surface area contributed by atoms with E-state index >= 15 is 0 Å². The van der Waals surface area contributed by atoms with Gasteiger partial charge < -0.3 is 18.6 Å². The Morgan fingerprint density at radius 2 is 1.72 bits per heavy atom. The van der Waals surface area contributed by atoms with Crippen molar-refractivity contribution in [1.82, 2.24) is 9.97 Å². The average Bonchev–Trinajstić information content (AvgIpc) is 2.78. The molecule has 0 unspecified atom stereocenters. The van der Waals surface area contributed by atoms with Crippen LogP contribution >= 0.6 is 0 Å². The van der Waals surface area contributed by atoms with E-state index in [0.29, 0.717) is 34.1 Å². The number of pyridine rings is 2. The molecule has 29 heavy (non-hydrogen) atoms. The molecule has 0 radical (unpaired) electrons. The fourth-order valence-electron chi connectivity index (χ4n) is 3.26. The predicted octanol–water partition coefficient (Wildman–Crippen LogP) is 3.94. The van der Waals surface area contributed by atoms with Crippen molar-refractivity contribution in [3.8, 4) is 39.8 Å². The lowest BCUT2D eigenvalue weighted by molar-refractivity contribution is 0.326. The Labute approximate surface area is 166 Å². The van der Waals surface area contributed by atoms with Crippen LogP contribution in [0.1, 0.15) is 0 Å². The van der Waals surface area contributed by atoms with E-state index in [2.05, 4.69) is 9.97 Å². The molecule has 1 aromatic carbocycles. The maximum atomic E-state index is 13.0. The van der Waals surface area contributed by atoms with Gasteiger partial charge >= 0.3 is 0 Å². The Bertz CT molecular complexity index is 1240. The largest absolute Gasteiger partial charge is 0.493 e. The Morgan fingerprint density at radius 3 is 2.41 bits per heavy atom. The number of fused-ring (bicyclic) bond motifs is 1. The lowest BCUT2D eigenvalue weighted by Gasteiger charge is -2.14. The van der Waals surface area contributed by atoms with Gasteiger partial charge in [0.1, 0.15) is 16.7 Å². The molecule has 7 nitrogen and oxygen atoms in total. The zero-order chi connectivity index (χ0) is 20.4. The molecule has 0 atom stereocenters. The van der Waals surface area contributed by atoms with Gasteiger partial charge in [0.05, 0.1) is 27.0 Å². The molecule has 0 aliphatic heterocycles. The molecule has 3 aromatic heterocycles. The van der Waals surface area contributed by atoms with Crippen LogP contribution in [0.15, 0.2) is 64.2 Å². The van der Waals surface area contributed by atoms with Gasteiger partial charge in [-0.1, -0.05) is 0 Å². The van der Waals surface area contributed by atoms with Crippen molar-refractivity contribution < 1.29 is 18.6 Å². The number of aromatic nitrogens is 2. The molecule has 146 valence electrons. The van der Waals surface area contributed by atoms with Crippen molar-refractivity contribution in [3.05, 3.63) is 65.2 Å². The van der Waals surface area contributed by atoms with Gasteiger partial charge in [-0.25, -0.2) is 0 Å². The smallest absolute Gasteiger partial charge is 0.204 e. The summed E-state index contributed by atoms with van der Waals surface area (Å²) < 4.78 is 22.3. The maximum absolute atomic E-state index is 13.0. The summed E-state index contributed by atoms with van der Waals surface area (Å²) in [7, 11) is 4.45. The average molecular weight is 390 g/mol. The molecule has 0 N–H and O–H groups in total. The van der Waals surface area contributed by atoms with E-state index in [4.69, 9.17) is 18.6 Å². The Kier molecular flexibility index (Phi) is 4.87. The minimum atomic E-state index is -0.264. The van der Waals surface area contributed by atoms with Crippen LogP contribution in [-0.4, -0.2) is 31.3 Å². The fourth-order valence-corrected chi connectivity index (χ4v) is 3.26. The third-order valence-corrected chi connectivity index (χ3v) is 4.53. The van der Waals surface area contributed by atoms with Gasteiger partial charge in [-0.15, -0.1) is 0 Å². The van der Waals surface area contributed by atoms with E-state index < -0.39 is 0 Å². The lowest BCUT2D eigenvalue weighted by atomic mass is 10.0. The second kappa shape index (κ2) is 7.63. The molecule has 0 aliphatic rings. The zero-order valence-corrected chi connectivity index (χ0v) is 16.1. The normalized spacial score (nSPS) is 10.7. The number of nitrogens with zero attached hydrogens (tertiary/aromatic N) is 2. The minimum absolute atomic E-state index is 0.264. The summed E-state index contributed by atoms with van der Waals surface area (Å²) in [5.74, 6) is 1.38. The summed E-state index contributed by atoms with van der Waals surface area (Å²) in [6.45, 7) is 0. The summed E-state index contributed by atoms with van der Waals surface area (Å²) in [6, 6.07) is 10.4. The van der Waals surface area contributed by atoms with Crippen LogP contribution < -0.4 is 19.6 Å². The van der Waals surface area contributed by atoms with Crippen LogP contribution in [0, 0.1) is 0 Å². The monoisotopic (exact) mass is 390 g/mol. The first-order valence-electron chi connectivity index (χ1n) is 8.80. The Hall–Kier alpha value is -3.87. The first-order valence-corrected chi connectivity index (χ1v) is 8.80. The molecule has 0 bridgehead atoms. The van der Waals surface area contributed by atoms with Crippen LogP contribution in [0.5, 0.6) is 17.2 Å². The third-order valence-electron chi connectivity index (χ3n) is 4.53. The highest BCUT2D eigenvalue weighted by Gasteiger charge is 2.21. The zero-order valence-electron chi connectivity index (χ0n) is 16.1. The molecular weight excluding hydrogens is 372 g/mol. The van der Waals surface area contributed by atoms with Gasteiger partial charge in [-0.3, -0.25) is 14.8 Å². The van der Waals surface area contributed by atoms with Crippen molar-refractivity contribution in [3.63, 3.8) is 0 Å². The summed E-state index contributed by atoms with van der Waals surface area (Å²) in [4.78, 5) is 21.6. The molecule has 0 spiro atoms. The van der Waals surface area contributed by atoms with Gasteiger partial charge in [-0.05, 0) is 24.3 Å². The Balaban J connectivity index is 2.00. The molecule has 4 aromatic rings. The van der Waals surface area contributed by atoms with Crippen LogP contribution in [0.2, 0.25) is 0 Å². The van der Waals surface area contributed by atoms with Gasteiger partial charge in [0.15, 0.2) is 16.9 Å². The number of hydrogen-bond acceptors (Lipinski definition) is 7. The molecule has 4 rings (SSSR count). The topological polar surface area (TPSA) is 83.7 Å². The van der Waals surface area contributed by atoms with E-state index in [1.807, 2.05) is 18.2 Å². The van der Waals surface area contributed by atoms with E-state index in [-0.39, 0.29) is 16.6 Å². The molecule has 3 heterocycles. The molecule has 7 heteroatoms. The molecule has 0 saturated carbocycles. The van der Waals surface area contributed by atoms with Crippen molar-refractivity contribution in [2.75, 3.05) is 21.3 Å². The highest BCUT2D eigenvalue weighted by molar-refractivity contribution is 5.90. The molecule has 0 amide bonds. The van der Waals surface area contributed by atoms with Crippen LogP contribution in [-0.2, 0) is 0 Å². The highest BCUT2D eigenvalue weighted by Crippen LogP contribution is 2.43. The van der Waals surface area contributed by atoms with Crippen molar-refractivity contribution >= 4 is 11.0 Å². The summed E-state index contributed by atoms with van der Waals surface area (Å²) >= 11 is 0. The highest BCUT2D eigenvalue weighted by atomic mass is 16.5. The van der Waals surface area contributed by atoms with Gasteiger partial charge in [-0.2, -0.15) is 0 Å². The molecule has 0 fully saturated rings. The SMILES string of the molecule is COc1cc2oc(-c3cccnc3-c3cccnc3)cc(=O)c2c(OC)c1OC. The molecule has 0 saturated heterocycles. The van der Waals surface area contributed by atoms with Crippen molar-refractivity contribution in [2.45, 2.75) is 0 Å². The minimum Gasteiger partial charge on any atom is -0.493 e. The first kappa shape index (κ1) is 18.5. The predicted molar refractivity (Wildman–Crippen MR) is 109 cm³/mol. The second-order valence-electron chi connectivity index (χ2n) is 6.13. The second-order valence-corrected chi connectivity index (χ2v) is 6.13. The van der Waals surface area contributed by atoms with Crippen LogP contribution in [0.4, 0.5) is 0 Å². The van der Waals surface area contributed by atoms with Gasteiger partial charge in [0.2, 0.25) is 5.75 Å². The maximum Gasteiger partial charge on any atom is 0.204 e. The van der Waals surface area contributed by atoms with Gasteiger partial charge in [0, 0.05) is 41.9 Å². The summed E-state index contributed by atoms with van der Waals surface area (Å²) in [5, 5.41) is 0.278. The quantitative estimate of drug-likeness (QED) is 0.510. The van der Waals surface area contributed by atoms with Crippen molar-refractivity contribution in [2.24, 2.45) is 0 Å². The van der Waals surface area contributed by atoms with E-state index in [0.717, 1.165) is 5.56 Å². The Morgan fingerprint density at radius 1 is 0.931 bits per heavy atom. The molecule has 0 aliphatic carbocycles. The van der Waals surface area contributed by atoms with E-state index in [1.165, 1.54) is 27.4 Å². The number of hydrogen-bond donors (Lipinski definition) is 0.